The molecule has 1 fully saturated rings. The minimum Gasteiger partial charge on any atom is -0.322 e. The molecule has 5 nitrogen and oxygen atoms in total. The first-order chi connectivity index (χ1) is 11.9. The Kier molecular flexibility index (Phi) is 5.06. The number of anilines is 1. The van der Waals surface area contributed by atoms with Gasteiger partial charge >= 0.3 is 0 Å². The van der Waals surface area contributed by atoms with Gasteiger partial charge in [-0.3, -0.25) is 19.7 Å². The van der Waals surface area contributed by atoms with Gasteiger partial charge in [-0.2, -0.15) is 0 Å². The summed E-state index contributed by atoms with van der Waals surface area (Å²) in [6, 6.07) is 11.8. The number of carbonyl (C=O) groups excluding carboxylic acids is 3. The van der Waals surface area contributed by atoms with E-state index in [-0.39, 0.29) is 30.1 Å². The fourth-order valence-electron chi connectivity index (χ4n) is 2.62. The predicted octanol–water partition coefficient (Wildman–Crippen LogP) is 3.45. The summed E-state index contributed by atoms with van der Waals surface area (Å²) in [5, 5.41) is 5.76. The molecule has 0 radical (unpaired) electrons. The Labute approximate surface area is 154 Å². The lowest BCUT2D eigenvalue weighted by atomic mass is 9.98. The van der Waals surface area contributed by atoms with Crippen LogP contribution in [0, 0.1) is 5.92 Å². The highest BCUT2D eigenvalue weighted by Gasteiger charge is 2.30. The molecule has 3 amide bonds. The van der Waals surface area contributed by atoms with Crippen molar-refractivity contribution in [2.24, 2.45) is 5.92 Å². The van der Waals surface area contributed by atoms with Gasteiger partial charge in [0, 0.05) is 17.7 Å². The van der Waals surface area contributed by atoms with Gasteiger partial charge in [0.2, 0.25) is 11.8 Å². The Morgan fingerprint density at radius 3 is 2.40 bits per heavy atom. The normalized spacial score (nSPS) is 16.6. The van der Waals surface area contributed by atoms with Crippen LogP contribution in [-0.2, 0) is 16.0 Å². The molecule has 0 saturated carbocycles. The van der Waals surface area contributed by atoms with Crippen LogP contribution < -0.4 is 10.6 Å². The second-order valence-electron chi connectivity index (χ2n) is 5.80. The van der Waals surface area contributed by atoms with Crippen molar-refractivity contribution in [3.63, 3.8) is 0 Å². The van der Waals surface area contributed by atoms with E-state index >= 15 is 0 Å². The minimum atomic E-state index is -0.329. The fraction of sp³-hybridized carbons (Fsp3) is 0.167. The molecule has 3 rings (SSSR count). The fourth-order valence-corrected chi connectivity index (χ4v) is 2.92. The molecule has 7 heteroatoms. The average molecular weight is 377 g/mol. The van der Waals surface area contributed by atoms with Crippen LogP contribution in [0.4, 0.5) is 5.69 Å². The van der Waals surface area contributed by atoms with E-state index < -0.39 is 0 Å². The molecule has 1 unspecified atom stereocenters. The van der Waals surface area contributed by atoms with Gasteiger partial charge in [-0.1, -0.05) is 35.3 Å². The number of halogens is 2. The number of imide groups is 1. The van der Waals surface area contributed by atoms with E-state index in [9.17, 15) is 14.4 Å². The van der Waals surface area contributed by atoms with Gasteiger partial charge in [-0.15, -0.1) is 0 Å². The first-order valence-electron chi connectivity index (χ1n) is 7.61. The summed E-state index contributed by atoms with van der Waals surface area (Å²) < 4.78 is 0. The molecule has 2 N–H and O–H groups in total. The summed E-state index contributed by atoms with van der Waals surface area (Å²) >= 11 is 11.8. The Hall–Kier alpha value is -2.37. The van der Waals surface area contributed by atoms with Crippen molar-refractivity contribution in [3.8, 4) is 0 Å². The van der Waals surface area contributed by atoms with Gasteiger partial charge in [0.25, 0.3) is 5.91 Å². The maximum Gasteiger partial charge on any atom is 0.255 e. The monoisotopic (exact) mass is 376 g/mol. The summed E-state index contributed by atoms with van der Waals surface area (Å²) in [6.07, 6.45) is 0.702. The zero-order valence-electron chi connectivity index (χ0n) is 13.0. The molecule has 0 aliphatic carbocycles. The standard InChI is InChI=1S/C18H14Cl2N2O3/c19-14-6-3-11(8-15(14)20)17(24)21-13-4-1-10(2-5-13)7-12-9-16(23)22-18(12)25/h1-6,8,12H,7,9H2,(H,21,24)(H,22,23,25). The smallest absolute Gasteiger partial charge is 0.255 e. The highest BCUT2D eigenvalue weighted by molar-refractivity contribution is 6.42. The van der Waals surface area contributed by atoms with Crippen molar-refractivity contribution in [1.82, 2.24) is 5.32 Å². The lowest BCUT2D eigenvalue weighted by Crippen LogP contribution is -2.22. The molecule has 1 saturated heterocycles. The van der Waals surface area contributed by atoms with E-state index in [0.29, 0.717) is 27.7 Å². The second kappa shape index (κ2) is 7.25. The number of hydrogen-bond acceptors (Lipinski definition) is 3. The van der Waals surface area contributed by atoms with Crippen molar-refractivity contribution in [3.05, 3.63) is 63.6 Å². The largest absolute Gasteiger partial charge is 0.322 e. The zero-order chi connectivity index (χ0) is 18.0. The predicted molar refractivity (Wildman–Crippen MR) is 95.8 cm³/mol. The van der Waals surface area contributed by atoms with Crippen molar-refractivity contribution in [2.75, 3.05) is 5.32 Å². The molecule has 25 heavy (non-hydrogen) atoms. The maximum atomic E-state index is 12.2. The van der Waals surface area contributed by atoms with Gasteiger partial charge in [0.05, 0.1) is 16.0 Å². The summed E-state index contributed by atoms with van der Waals surface area (Å²) in [5.41, 5.74) is 1.94. The quantitative estimate of drug-likeness (QED) is 0.802. The Bertz CT molecular complexity index is 850. The van der Waals surface area contributed by atoms with Crippen molar-refractivity contribution in [1.29, 1.82) is 0 Å². The summed E-state index contributed by atoms with van der Waals surface area (Å²) in [4.78, 5) is 35.0. The molecule has 1 atom stereocenters. The van der Waals surface area contributed by atoms with Crippen LogP contribution in [0.5, 0.6) is 0 Å². The minimum absolute atomic E-state index is 0.217. The number of carbonyl (C=O) groups is 3. The highest BCUT2D eigenvalue weighted by atomic mass is 35.5. The first-order valence-corrected chi connectivity index (χ1v) is 8.37. The van der Waals surface area contributed by atoms with E-state index in [0.717, 1.165) is 5.56 Å². The van der Waals surface area contributed by atoms with Crippen molar-refractivity contribution >= 4 is 46.6 Å². The summed E-state index contributed by atoms with van der Waals surface area (Å²) in [6.45, 7) is 0. The average Bonchev–Trinajstić information content (AvgIpc) is 2.89. The number of nitrogens with one attached hydrogen (secondary N) is 2. The van der Waals surface area contributed by atoms with Crippen LogP contribution in [0.15, 0.2) is 42.5 Å². The summed E-state index contributed by atoms with van der Waals surface area (Å²) in [5.74, 6) is -1.10. The molecule has 0 spiro atoms. The SMILES string of the molecule is O=C1CC(Cc2ccc(NC(=O)c3ccc(Cl)c(Cl)c3)cc2)C(=O)N1. The van der Waals surface area contributed by atoms with Crippen molar-refractivity contribution in [2.45, 2.75) is 12.8 Å². The molecule has 0 bridgehead atoms. The lowest BCUT2D eigenvalue weighted by molar-refractivity contribution is -0.125. The first kappa shape index (κ1) is 17.5. The summed E-state index contributed by atoms with van der Waals surface area (Å²) in [7, 11) is 0. The third-order valence-corrected chi connectivity index (χ3v) is 4.68. The molecule has 128 valence electrons. The molecular weight excluding hydrogens is 363 g/mol. The van der Waals surface area contributed by atoms with Gasteiger partial charge in [-0.05, 0) is 42.3 Å². The van der Waals surface area contributed by atoms with E-state index in [1.54, 1.807) is 24.3 Å². The number of benzene rings is 2. The van der Waals surface area contributed by atoms with Crippen molar-refractivity contribution < 1.29 is 14.4 Å². The molecule has 2 aromatic rings. The molecule has 0 aromatic heterocycles. The highest BCUT2D eigenvalue weighted by Crippen LogP contribution is 2.23. The molecule has 2 aromatic carbocycles. The number of rotatable bonds is 4. The van der Waals surface area contributed by atoms with Gasteiger partial charge in [0.15, 0.2) is 0 Å². The van der Waals surface area contributed by atoms with Crippen LogP contribution in [0.3, 0.4) is 0 Å². The third-order valence-electron chi connectivity index (χ3n) is 3.94. The van der Waals surface area contributed by atoms with Gasteiger partial charge in [-0.25, -0.2) is 0 Å². The molecular formula is C18H14Cl2N2O3. The van der Waals surface area contributed by atoms with Gasteiger partial charge < -0.3 is 5.32 Å². The van der Waals surface area contributed by atoms with Gasteiger partial charge in [0.1, 0.15) is 0 Å². The second-order valence-corrected chi connectivity index (χ2v) is 6.61. The van der Waals surface area contributed by atoms with E-state index in [4.69, 9.17) is 23.2 Å². The zero-order valence-corrected chi connectivity index (χ0v) is 14.5. The Balaban J connectivity index is 1.64. The molecule has 1 aliphatic rings. The lowest BCUT2D eigenvalue weighted by Gasteiger charge is -2.09. The van der Waals surface area contributed by atoms with Crippen LogP contribution >= 0.6 is 23.2 Å². The van der Waals surface area contributed by atoms with Crippen LogP contribution in [0.1, 0.15) is 22.3 Å². The van der Waals surface area contributed by atoms with E-state index in [1.165, 1.54) is 6.07 Å². The Morgan fingerprint density at radius 2 is 1.80 bits per heavy atom. The van der Waals surface area contributed by atoms with E-state index in [1.807, 2.05) is 12.1 Å². The Morgan fingerprint density at radius 1 is 1.08 bits per heavy atom. The molecule has 1 heterocycles. The number of amides is 3. The number of hydrogen-bond donors (Lipinski definition) is 2. The van der Waals surface area contributed by atoms with Crippen LogP contribution in [0.2, 0.25) is 10.0 Å². The van der Waals surface area contributed by atoms with E-state index in [2.05, 4.69) is 10.6 Å². The van der Waals surface area contributed by atoms with Crippen LogP contribution in [-0.4, -0.2) is 17.7 Å². The molecule has 1 aliphatic heterocycles. The third kappa shape index (κ3) is 4.18. The maximum absolute atomic E-state index is 12.2. The van der Waals surface area contributed by atoms with Crippen LogP contribution in [0.25, 0.3) is 0 Å². The topological polar surface area (TPSA) is 75.3 Å².